The van der Waals surface area contributed by atoms with Crippen LogP contribution in [0.1, 0.15) is 6.92 Å². The van der Waals surface area contributed by atoms with Gasteiger partial charge in [0.25, 0.3) is 5.56 Å². The minimum atomic E-state index is -0.444. The molecular weight excluding hydrogens is 431 g/mol. The highest BCUT2D eigenvalue weighted by molar-refractivity contribution is 7.99. The van der Waals surface area contributed by atoms with E-state index in [4.69, 9.17) is 34.2 Å². The maximum Gasteiger partial charge on any atom is 0.266 e. The molecule has 0 bridgehead atoms. The van der Waals surface area contributed by atoms with Gasteiger partial charge in [-0.1, -0.05) is 47.1 Å². The SMILES string of the molecule is C/C(N)=C(/C#N)C(=O)CSc1nc2ccccc2c(=O)n1-c1ccc(Cl)c(Cl)c1. The molecule has 0 unspecified atom stereocenters. The number of rotatable bonds is 5. The van der Waals surface area contributed by atoms with E-state index < -0.39 is 5.78 Å². The zero-order valence-electron chi connectivity index (χ0n) is 15.1. The summed E-state index contributed by atoms with van der Waals surface area (Å²) in [4.78, 5) is 30.0. The smallest absolute Gasteiger partial charge is 0.266 e. The summed E-state index contributed by atoms with van der Waals surface area (Å²) < 4.78 is 1.37. The molecule has 1 heterocycles. The highest BCUT2D eigenvalue weighted by Crippen LogP contribution is 2.27. The topological polar surface area (TPSA) is 102 Å². The number of para-hydroxylation sites is 1. The number of nitrogens with two attached hydrogens (primary N) is 1. The van der Waals surface area contributed by atoms with Crippen molar-refractivity contribution in [2.75, 3.05) is 5.75 Å². The lowest BCUT2D eigenvalue weighted by atomic mass is 10.2. The Bertz CT molecular complexity index is 1260. The molecule has 0 spiro atoms. The maximum absolute atomic E-state index is 13.2. The summed E-state index contributed by atoms with van der Waals surface area (Å²) in [5.74, 6) is -0.551. The Kier molecular flexibility index (Phi) is 6.28. The van der Waals surface area contributed by atoms with E-state index in [1.54, 1.807) is 42.5 Å². The molecule has 3 rings (SSSR count). The highest BCUT2D eigenvalue weighted by atomic mass is 35.5. The van der Waals surface area contributed by atoms with Crippen molar-refractivity contribution >= 4 is 51.6 Å². The normalized spacial score (nSPS) is 11.8. The number of aromatic nitrogens is 2. The molecule has 1 aromatic heterocycles. The number of carbonyl (C=O) groups excluding carboxylic acids is 1. The number of fused-ring (bicyclic) bond motifs is 1. The number of carbonyl (C=O) groups is 1. The summed E-state index contributed by atoms with van der Waals surface area (Å²) in [5.41, 5.74) is 6.28. The van der Waals surface area contributed by atoms with Gasteiger partial charge in [0.15, 0.2) is 10.9 Å². The molecule has 0 saturated carbocycles. The quantitative estimate of drug-likeness (QED) is 0.275. The van der Waals surface area contributed by atoms with Gasteiger partial charge < -0.3 is 5.73 Å². The molecule has 0 amide bonds. The van der Waals surface area contributed by atoms with E-state index in [9.17, 15) is 9.59 Å². The Morgan fingerprint density at radius 3 is 2.62 bits per heavy atom. The number of hydrogen-bond donors (Lipinski definition) is 1. The minimum absolute atomic E-state index is 0.108. The number of Topliss-reactive ketones (excluding diaryl/α,β-unsaturated/α-hetero) is 1. The van der Waals surface area contributed by atoms with Crippen LogP contribution in [0.2, 0.25) is 10.0 Å². The van der Waals surface area contributed by atoms with E-state index in [1.165, 1.54) is 11.5 Å². The average molecular weight is 445 g/mol. The number of nitriles is 1. The van der Waals surface area contributed by atoms with E-state index in [1.807, 2.05) is 6.07 Å². The second kappa shape index (κ2) is 8.70. The molecule has 0 aliphatic carbocycles. The molecular formula is C20H14Cl2N4O2S. The summed E-state index contributed by atoms with van der Waals surface area (Å²) >= 11 is 13.2. The first-order chi connectivity index (χ1) is 13.8. The number of hydrogen-bond acceptors (Lipinski definition) is 6. The second-order valence-electron chi connectivity index (χ2n) is 6.03. The second-order valence-corrected chi connectivity index (χ2v) is 7.79. The van der Waals surface area contributed by atoms with Gasteiger partial charge in [0.2, 0.25) is 0 Å². The maximum atomic E-state index is 13.2. The minimum Gasteiger partial charge on any atom is -0.401 e. The molecule has 2 aromatic carbocycles. The van der Waals surface area contributed by atoms with Crippen molar-refractivity contribution in [3.63, 3.8) is 0 Å². The molecule has 0 fully saturated rings. The molecule has 0 aliphatic heterocycles. The van der Waals surface area contributed by atoms with Crippen LogP contribution in [-0.4, -0.2) is 21.1 Å². The van der Waals surface area contributed by atoms with Crippen LogP contribution >= 0.6 is 35.0 Å². The number of ketones is 1. The number of thioether (sulfide) groups is 1. The van der Waals surface area contributed by atoms with Gasteiger partial charge in [-0.3, -0.25) is 14.2 Å². The Hall–Kier alpha value is -2.79. The summed E-state index contributed by atoms with van der Waals surface area (Å²) in [5, 5.41) is 10.5. The molecule has 0 aliphatic rings. The van der Waals surface area contributed by atoms with Crippen molar-refractivity contribution in [3.8, 4) is 11.8 Å². The Morgan fingerprint density at radius 2 is 1.97 bits per heavy atom. The number of halogens is 2. The lowest BCUT2D eigenvalue weighted by Gasteiger charge is -2.13. The molecule has 2 N–H and O–H groups in total. The van der Waals surface area contributed by atoms with Gasteiger partial charge in [-0.25, -0.2) is 4.98 Å². The number of nitrogens with zero attached hydrogens (tertiary/aromatic N) is 3. The van der Waals surface area contributed by atoms with Crippen LogP contribution in [0.15, 0.2) is 63.7 Å². The Balaban J connectivity index is 2.14. The summed E-state index contributed by atoms with van der Waals surface area (Å²) in [7, 11) is 0. The molecule has 6 nitrogen and oxygen atoms in total. The van der Waals surface area contributed by atoms with E-state index in [0.717, 1.165) is 11.8 Å². The van der Waals surface area contributed by atoms with Crippen molar-refractivity contribution in [1.82, 2.24) is 9.55 Å². The van der Waals surface area contributed by atoms with E-state index in [2.05, 4.69) is 4.98 Å². The van der Waals surface area contributed by atoms with E-state index in [-0.39, 0.29) is 32.8 Å². The molecule has 29 heavy (non-hydrogen) atoms. The lowest BCUT2D eigenvalue weighted by molar-refractivity contribution is -0.112. The lowest BCUT2D eigenvalue weighted by Crippen LogP contribution is -2.22. The van der Waals surface area contributed by atoms with Crippen LogP contribution < -0.4 is 11.3 Å². The fourth-order valence-corrected chi connectivity index (χ4v) is 3.81. The van der Waals surface area contributed by atoms with Crippen molar-refractivity contribution in [2.45, 2.75) is 12.1 Å². The van der Waals surface area contributed by atoms with Gasteiger partial charge in [-0.05, 0) is 37.3 Å². The summed E-state index contributed by atoms with van der Waals surface area (Å²) in [6, 6.07) is 13.5. The summed E-state index contributed by atoms with van der Waals surface area (Å²) in [6.07, 6.45) is 0. The fourth-order valence-electron chi connectivity index (χ4n) is 2.63. The van der Waals surface area contributed by atoms with Crippen LogP contribution in [-0.2, 0) is 4.79 Å². The van der Waals surface area contributed by atoms with Gasteiger partial charge in [0, 0.05) is 5.70 Å². The third-order valence-electron chi connectivity index (χ3n) is 4.02. The van der Waals surface area contributed by atoms with Gasteiger partial charge in [0.05, 0.1) is 32.4 Å². The summed E-state index contributed by atoms with van der Waals surface area (Å²) in [6.45, 7) is 1.49. The zero-order chi connectivity index (χ0) is 21.1. The molecule has 0 radical (unpaired) electrons. The van der Waals surface area contributed by atoms with Crippen molar-refractivity contribution < 1.29 is 4.79 Å². The zero-order valence-corrected chi connectivity index (χ0v) is 17.5. The predicted molar refractivity (Wildman–Crippen MR) is 116 cm³/mol. The van der Waals surface area contributed by atoms with Crippen LogP contribution in [0.4, 0.5) is 0 Å². The standard InChI is InChI=1S/C20H14Cl2N4O2S/c1-11(24)14(9-23)18(27)10-29-20-25-17-5-3-2-4-13(17)19(28)26(20)12-6-7-15(21)16(22)8-12/h2-8H,10,24H2,1H3/b14-11+. The van der Waals surface area contributed by atoms with Crippen molar-refractivity contribution in [2.24, 2.45) is 5.73 Å². The van der Waals surface area contributed by atoms with Crippen molar-refractivity contribution in [1.29, 1.82) is 5.26 Å². The average Bonchev–Trinajstić information content (AvgIpc) is 2.69. The van der Waals surface area contributed by atoms with Crippen LogP contribution in [0.25, 0.3) is 16.6 Å². The van der Waals surface area contributed by atoms with Gasteiger partial charge >= 0.3 is 0 Å². The number of benzene rings is 2. The number of allylic oxidation sites excluding steroid dienone is 2. The molecule has 146 valence electrons. The Morgan fingerprint density at radius 1 is 1.24 bits per heavy atom. The molecule has 3 aromatic rings. The highest BCUT2D eigenvalue weighted by Gasteiger charge is 2.17. The van der Waals surface area contributed by atoms with Gasteiger partial charge in [0.1, 0.15) is 11.6 Å². The van der Waals surface area contributed by atoms with Crippen molar-refractivity contribution in [3.05, 3.63) is 74.1 Å². The third-order valence-corrected chi connectivity index (χ3v) is 5.70. The molecule has 9 heteroatoms. The van der Waals surface area contributed by atoms with Crippen LogP contribution in [0, 0.1) is 11.3 Å². The fraction of sp³-hybridized carbons (Fsp3) is 0.100. The van der Waals surface area contributed by atoms with Crippen LogP contribution in [0.3, 0.4) is 0 Å². The molecule has 0 atom stereocenters. The van der Waals surface area contributed by atoms with Crippen LogP contribution in [0.5, 0.6) is 0 Å². The first kappa shape index (κ1) is 20.9. The van der Waals surface area contributed by atoms with E-state index >= 15 is 0 Å². The molecule has 0 saturated heterocycles. The van der Waals surface area contributed by atoms with Gasteiger partial charge in [-0.15, -0.1) is 0 Å². The predicted octanol–water partition coefficient (Wildman–Crippen LogP) is 4.11. The first-order valence-electron chi connectivity index (χ1n) is 8.33. The largest absolute Gasteiger partial charge is 0.401 e. The third kappa shape index (κ3) is 4.30. The monoisotopic (exact) mass is 444 g/mol. The first-order valence-corrected chi connectivity index (χ1v) is 10.1. The Labute approximate surface area is 180 Å². The van der Waals surface area contributed by atoms with Gasteiger partial charge in [-0.2, -0.15) is 5.26 Å². The van der Waals surface area contributed by atoms with E-state index in [0.29, 0.717) is 21.6 Å².